The first-order valence-electron chi connectivity index (χ1n) is 3.94. The van der Waals surface area contributed by atoms with Crippen molar-refractivity contribution in [2.45, 2.75) is 6.92 Å². The molecule has 4 heteroatoms. The second-order valence-corrected chi connectivity index (χ2v) is 3.37. The van der Waals surface area contributed by atoms with Crippen LogP contribution < -0.4 is 0 Å². The number of methoxy groups -OCH3 is 1. The van der Waals surface area contributed by atoms with E-state index in [-0.39, 0.29) is 5.97 Å². The van der Waals surface area contributed by atoms with E-state index in [2.05, 4.69) is 20.7 Å². The van der Waals surface area contributed by atoms with Gasteiger partial charge in [-0.1, -0.05) is 15.9 Å². The van der Waals surface area contributed by atoms with E-state index in [0.29, 0.717) is 5.56 Å². The van der Waals surface area contributed by atoms with E-state index in [1.807, 2.05) is 19.1 Å². The largest absolute Gasteiger partial charge is 0.465 e. The molecule has 0 spiro atoms. The van der Waals surface area contributed by atoms with Crippen LogP contribution in [0, 0.1) is 6.92 Å². The molecule has 0 aliphatic heterocycles. The number of rotatable bonds is 1. The van der Waals surface area contributed by atoms with Crippen LogP contribution >= 0.6 is 15.9 Å². The summed E-state index contributed by atoms with van der Waals surface area (Å²) in [7, 11) is 2.38. The predicted octanol–water partition coefficient (Wildman–Crippen LogP) is 2.15. The summed E-state index contributed by atoms with van der Waals surface area (Å²) in [4.78, 5) is 11.1. The molecule has 0 radical (unpaired) electrons. The molecule has 0 aliphatic rings. The van der Waals surface area contributed by atoms with Crippen molar-refractivity contribution in [3.05, 3.63) is 33.8 Å². The van der Waals surface area contributed by atoms with Crippen LogP contribution in [0.15, 0.2) is 22.7 Å². The first-order chi connectivity index (χ1) is 6.65. The first-order valence-corrected chi connectivity index (χ1v) is 4.73. The summed E-state index contributed by atoms with van der Waals surface area (Å²) in [5, 5.41) is 7.00. The summed E-state index contributed by atoms with van der Waals surface area (Å²) in [6.07, 6.45) is 0. The summed E-state index contributed by atoms with van der Waals surface area (Å²) in [5.74, 6) is -0.292. The zero-order valence-electron chi connectivity index (χ0n) is 8.37. The minimum atomic E-state index is -0.292. The number of carbonyl (C=O) groups excluding carboxylic acids is 1. The smallest absolute Gasteiger partial charge is 0.338 e. The molecule has 0 aromatic heterocycles. The lowest BCUT2D eigenvalue weighted by Crippen LogP contribution is -2.03. The van der Waals surface area contributed by atoms with Crippen LogP contribution in [0.1, 0.15) is 15.9 Å². The number of hydrogen-bond donors (Lipinski definition) is 1. The molecule has 78 valence electrons. The quantitative estimate of drug-likeness (QED) is 0.788. The topological polar surface area (TPSA) is 46.5 Å². The van der Waals surface area contributed by atoms with Crippen molar-refractivity contribution in [1.29, 1.82) is 0 Å². The van der Waals surface area contributed by atoms with E-state index in [1.165, 1.54) is 7.11 Å². The molecule has 0 saturated carbocycles. The molecule has 0 atom stereocenters. The average Bonchev–Trinajstić information content (AvgIpc) is 2.20. The van der Waals surface area contributed by atoms with Gasteiger partial charge < -0.3 is 9.84 Å². The Bertz CT molecular complexity index is 310. The van der Waals surface area contributed by atoms with Crippen LogP contribution in [0.4, 0.5) is 0 Å². The van der Waals surface area contributed by atoms with Crippen LogP contribution in [0.25, 0.3) is 0 Å². The van der Waals surface area contributed by atoms with Crippen molar-refractivity contribution in [1.82, 2.24) is 0 Å². The standard InChI is InChI=1S/C9H9BrO2.CH4O/c1-6-5-7(10)3-4-8(6)9(11)12-2;1-2/h3-5H,1-2H3;2H,1H3. The highest BCUT2D eigenvalue weighted by Crippen LogP contribution is 2.16. The van der Waals surface area contributed by atoms with Gasteiger partial charge in [0.15, 0.2) is 0 Å². The number of benzene rings is 1. The lowest BCUT2D eigenvalue weighted by Gasteiger charge is -2.02. The maximum Gasteiger partial charge on any atom is 0.338 e. The lowest BCUT2D eigenvalue weighted by molar-refractivity contribution is 0.0600. The molecule has 14 heavy (non-hydrogen) atoms. The monoisotopic (exact) mass is 260 g/mol. The summed E-state index contributed by atoms with van der Waals surface area (Å²) in [5.41, 5.74) is 1.52. The molecule has 1 N–H and O–H groups in total. The van der Waals surface area contributed by atoms with E-state index in [4.69, 9.17) is 5.11 Å². The van der Waals surface area contributed by atoms with Crippen molar-refractivity contribution in [2.24, 2.45) is 0 Å². The van der Waals surface area contributed by atoms with Crippen molar-refractivity contribution in [3.63, 3.8) is 0 Å². The van der Waals surface area contributed by atoms with Gasteiger partial charge >= 0.3 is 5.97 Å². The van der Waals surface area contributed by atoms with Crippen LogP contribution in [-0.4, -0.2) is 25.3 Å². The Morgan fingerprint density at radius 3 is 2.43 bits per heavy atom. The Balaban J connectivity index is 0.000000791. The molecule has 0 bridgehead atoms. The van der Waals surface area contributed by atoms with Gasteiger partial charge in [0.25, 0.3) is 0 Å². The van der Waals surface area contributed by atoms with Gasteiger partial charge in [0.1, 0.15) is 0 Å². The van der Waals surface area contributed by atoms with Gasteiger partial charge in [0.2, 0.25) is 0 Å². The zero-order valence-corrected chi connectivity index (χ0v) is 9.96. The number of esters is 1. The van der Waals surface area contributed by atoms with Gasteiger partial charge in [-0.3, -0.25) is 0 Å². The van der Waals surface area contributed by atoms with Crippen LogP contribution in [0.5, 0.6) is 0 Å². The fraction of sp³-hybridized carbons (Fsp3) is 0.300. The van der Waals surface area contributed by atoms with Crippen LogP contribution in [-0.2, 0) is 4.74 Å². The van der Waals surface area contributed by atoms with E-state index in [9.17, 15) is 4.79 Å². The molecular weight excluding hydrogens is 248 g/mol. The Labute approximate surface area is 91.8 Å². The van der Waals surface area contributed by atoms with Gasteiger partial charge in [-0.2, -0.15) is 0 Å². The molecule has 0 amide bonds. The molecule has 0 aliphatic carbocycles. The molecule has 0 fully saturated rings. The van der Waals surface area contributed by atoms with Crippen LogP contribution in [0.3, 0.4) is 0 Å². The highest BCUT2D eigenvalue weighted by Gasteiger charge is 2.07. The summed E-state index contributed by atoms with van der Waals surface area (Å²) < 4.78 is 5.57. The second kappa shape index (κ2) is 6.56. The molecule has 1 rings (SSSR count). The molecule has 0 saturated heterocycles. The Morgan fingerprint density at radius 1 is 1.43 bits per heavy atom. The van der Waals surface area contributed by atoms with E-state index in [0.717, 1.165) is 17.1 Å². The maximum atomic E-state index is 11.1. The third-order valence-corrected chi connectivity index (χ3v) is 2.09. The normalized spacial score (nSPS) is 8.64. The number of ether oxygens (including phenoxy) is 1. The Kier molecular flexibility index (Phi) is 6.16. The third-order valence-electron chi connectivity index (χ3n) is 1.59. The van der Waals surface area contributed by atoms with Crippen molar-refractivity contribution >= 4 is 21.9 Å². The fourth-order valence-electron chi connectivity index (χ4n) is 0.966. The van der Waals surface area contributed by atoms with Gasteiger partial charge in [0.05, 0.1) is 12.7 Å². The van der Waals surface area contributed by atoms with Crippen molar-refractivity contribution in [3.8, 4) is 0 Å². The number of hydrogen-bond acceptors (Lipinski definition) is 3. The third kappa shape index (κ3) is 3.47. The minimum Gasteiger partial charge on any atom is -0.465 e. The predicted molar refractivity (Wildman–Crippen MR) is 58.4 cm³/mol. The van der Waals surface area contributed by atoms with Crippen molar-refractivity contribution < 1.29 is 14.6 Å². The highest BCUT2D eigenvalue weighted by atomic mass is 79.9. The number of aryl methyl sites for hydroxylation is 1. The average molecular weight is 261 g/mol. The molecular formula is C10H13BrO3. The molecule has 0 unspecified atom stereocenters. The van der Waals surface area contributed by atoms with E-state index >= 15 is 0 Å². The van der Waals surface area contributed by atoms with E-state index < -0.39 is 0 Å². The SMILES string of the molecule is CO.COC(=O)c1ccc(Br)cc1C. The number of aliphatic hydroxyl groups excluding tert-OH is 1. The summed E-state index contributed by atoms with van der Waals surface area (Å²) in [6.45, 7) is 1.87. The van der Waals surface area contributed by atoms with Gasteiger partial charge in [0, 0.05) is 11.6 Å². The van der Waals surface area contributed by atoms with Crippen molar-refractivity contribution in [2.75, 3.05) is 14.2 Å². The fourth-order valence-corrected chi connectivity index (χ4v) is 1.44. The molecule has 1 aromatic carbocycles. The highest BCUT2D eigenvalue weighted by molar-refractivity contribution is 9.10. The summed E-state index contributed by atoms with van der Waals surface area (Å²) >= 11 is 3.32. The minimum absolute atomic E-state index is 0.292. The molecule has 0 heterocycles. The zero-order chi connectivity index (χ0) is 11.1. The number of carbonyl (C=O) groups is 1. The second-order valence-electron chi connectivity index (χ2n) is 2.45. The molecule has 1 aromatic rings. The Hall–Kier alpha value is -0.870. The number of halogens is 1. The lowest BCUT2D eigenvalue weighted by atomic mass is 10.1. The van der Waals surface area contributed by atoms with Gasteiger partial charge in [-0.25, -0.2) is 4.79 Å². The number of aliphatic hydroxyl groups is 1. The van der Waals surface area contributed by atoms with Gasteiger partial charge in [-0.05, 0) is 30.7 Å². The summed E-state index contributed by atoms with van der Waals surface area (Å²) in [6, 6.07) is 5.44. The van der Waals surface area contributed by atoms with Gasteiger partial charge in [-0.15, -0.1) is 0 Å². The van der Waals surface area contributed by atoms with Crippen LogP contribution in [0.2, 0.25) is 0 Å². The molecule has 3 nitrogen and oxygen atoms in total. The van der Waals surface area contributed by atoms with E-state index in [1.54, 1.807) is 6.07 Å². The Morgan fingerprint density at radius 2 is 2.00 bits per heavy atom. The maximum absolute atomic E-state index is 11.1. The first kappa shape index (κ1) is 13.1.